The molecule has 1 saturated carbocycles. The molecule has 0 bridgehead atoms. The lowest BCUT2D eigenvalue weighted by molar-refractivity contribution is 0.437. The number of hydrogen-bond donors (Lipinski definition) is 1. The summed E-state index contributed by atoms with van der Waals surface area (Å²) in [5.41, 5.74) is 6.83. The van der Waals surface area contributed by atoms with Crippen molar-refractivity contribution >= 4 is 23.1 Å². The maximum absolute atomic E-state index is 6.04. The summed E-state index contributed by atoms with van der Waals surface area (Å²) in [4.78, 5) is 4.44. The summed E-state index contributed by atoms with van der Waals surface area (Å²) in [7, 11) is 0. The van der Waals surface area contributed by atoms with E-state index in [2.05, 4.69) is 4.99 Å². The minimum Gasteiger partial charge on any atom is -0.387 e. The van der Waals surface area contributed by atoms with Crippen LogP contribution in [0.2, 0.25) is 5.02 Å². The van der Waals surface area contributed by atoms with Crippen LogP contribution in [-0.4, -0.2) is 5.84 Å². The molecule has 0 radical (unpaired) electrons. The Bertz CT molecular complexity index is 381. The molecular formula is C13H17ClN2. The van der Waals surface area contributed by atoms with E-state index in [4.69, 9.17) is 17.3 Å². The maximum atomic E-state index is 6.04. The highest BCUT2D eigenvalue weighted by atomic mass is 35.5. The number of nitrogens with zero attached hydrogens (tertiary/aromatic N) is 1. The van der Waals surface area contributed by atoms with E-state index in [0.29, 0.717) is 10.9 Å². The Kier molecular flexibility index (Phi) is 3.83. The van der Waals surface area contributed by atoms with Crippen LogP contribution in [0.15, 0.2) is 29.3 Å². The van der Waals surface area contributed by atoms with Crippen molar-refractivity contribution in [1.29, 1.82) is 0 Å². The highest BCUT2D eigenvalue weighted by Crippen LogP contribution is 2.28. The zero-order valence-corrected chi connectivity index (χ0v) is 10.1. The van der Waals surface area contributed by atoms with Crippen LogP contribution in [0.3, 0.4) is 0 Å². The lowest BCUT2D eigenvalue weighted by Crippen LogP contribution is -2.25. The average Bonchev–Trinajstić information content (AvgIpc) is 2.33. The highest BCUT2D eigenvalue weighted by Gasteiger charge is 2.17. The van der Waals surface area contributed by atoms with Gasteiger partial charge in [0, 0.05) is 5.92 Å². The zero-order chi connectivity index (χ0) is 11.4. The van der Waals surface area contributed by atoms with E-state index in [9.17, 15) is 0 Å². The molecule has 86 valence electrons. The summed E-state index contributed by atoms with van der Waals surface area (Å²) in [5, 5.41) is 0.668. The van der Waals surface area contributed by atoms with E-state index in [1.54, 1.807) is 0 Å². The van der Waals surface area contributed by atoms with Crippen molar-refractivity contribution in [2.45, 2.75) is 32.1 Å². The fourth-order valence-corrected chi connectivity index (χ4v) is 2.35. The SMILES string of the molecule is NC(=Nc1ccccc1Cl)C1CCCCC1. The smallest absolute Gasteiger partial charge is 0.103 e. The molecule has 0 aromatic heterocycles. The Morgan fingerprint density at radius 1 is 1.19 bits per heavy atom. The molecule has 2 N–H and O–H groups in total. The van der Waals surface area contributed by atoms with E-state index in [0.717, 1.165) is 11.5 Å². The molecule has 2 nitrogen and oxygen atoms in total. The summed E-state index contributed by atoms with van der Waals surface area (Å²) >= 11 is 6.04. The summed E-state index contributed by atoms with van der Waals surface area (Å²) in [6, 6.07) is 7.57. The molecular weight excluding hydrogens is 220 g/mol. The van der Waals surface area contributed by atoms with E-state index in [1.165, 1.54) is 32.1 Å². The lowest BCUT2D eigenvalue weighted by Gasteiger charge is -2.20. The molecule has 0 spiro atoms. The molecule has 0 saturated heterocycles. The quantitative estimate of drug-likeness (QED) is 0.614. The topological polar surface area (TPSA) is 38.4 Å². The van der Waals surface area contributed by atoms with Crippen LogP contribution < -0.4 is 5.73 Å². The molecule has 0 atom stereocenters. The maximum Gasteiger partial charge on any atom is 0.103 e. The van der Waals surface area contributed by atoms with Crippen molar-refractivity contribution < 1.29 is 0 Å². The fraction of sp³-hybridized carbons (Fsp3) is 0.462. The molecule has 1 aromatic carbocycles. The molecule has 3 heteroatoms. The van der Waals surface area contributed by atoms with Crippen molar-refractivity contribution in [3.05, 3.63) is 29.3 Å². The van der Waals surface area contributed by atoms with Gasteiger partial charge >= 0.3 is 0 Å². The fourth-order valence-electron chi connectivity index (χ4n) is 2.17. The molecule has 0 amide bonds. The van der Waals surface area contributed by atoms with Crippen LogP contribution in [0, 0.1) is 5.92 Å². The van der Waals surface area contributed by atoms with Crippen LogP contribution >= 0.6 is 11.6 Å². The van der Waals surface area contributed by atoms with Gasteiger partial charge in [-0.05, 0) is 25.0 Å². The third kappa shape index (κ3) is 2.76. The van der Waals surface area contributed by atoms with Gasteiger partial charge in [0.2, 0.25) is 0 Å². The first kappa shape index (κ1) is 11.5. The first-order chi connectivity index (χ1) is 7.77. The van der Waals surface area contributed by atoms with E-state index in [-0.39, 0.29) is 0 Å². The second kappa shape index (κ2) is 5.35. The number of nitrogens with two attached hydrogens (primary N) is 1. The summed E-state index contributed by atoms with van der Waals surface area (Å²) in [6.45, 7) is 0. The average molecular weight is 237 g/mol. The first-order valence-corrected chi connectivity index (χ1v) is 6.24. The number of aliphatic imine (C=N–C) groups is 1. The first-order valence-electron chi connectivity index (χ1n) is 5.86. The van der Waals surface area contributed by atoms with Gasteiger partial charge in [-0.1, -0.05) is 43.0 Å². The highest BCUT2D eigenvalue weighted by molar-refractivity contribution is 6.33. The molecule has 1 aromatic rings. The van der Waals surface area contributed by atoms with E-state index in [1.807, 2.05) is 24.3 Å². The normalized spacial score (nSPS) is 18.7. The van der Waals surface area contributed by atoms with Crippen LogP contribution in [0.4, 0.5) is 5.69 Å². The summed E-state index contributed by atoms with van der Waals surface area (Å²) in [5.74, 6) is 1.19. The lowest BCUT2D eigenvalue weighted by atomic mass is 9.88. The molecule has 1 aliphatic carbocycles. The number of hydrogen-bond acceptors (Lipinski definition) is 1. The van der Waals surface area contributed by atoms with Gasteiger partial charge in [0.25, 0.3) is 0 Å². The van der Waals surface area contributed by atoms with Gasteiger partial charge in [-0.15, -0.1) is 0 Å². The molecule has 0 heterocycles. The molecule has 1 aliphatic rings. The number of para-hydroxylation sites is 1. The van der Waals surface area contributed by atoms with Gasteiger partial charge in [-0.25, -0.2) is 4.99 Å². The molecule has 0 unspecified atom stereocenters. The number of rotatable bonds is 2. The van der Waals surface area contributed by atoms with Crippen LogP contribution in [0.1, 0.15) is 32.1 Å². The van der Waals surface area contributed by atoms with Gasteiger partial charge in [-0.3, -0.25) is 0 Å². The standard InChI is InChI=1S/C13H17ClN2/c14-11-8-4-5-9-12(11)16-13(15)10-6-2-1-3-7-10/h4-5,8-10H,1-3,6-7H2,(H2,15,16). The Labute approximate surface area is 102 Å². The van der Waals surface area contributed by atoms with Crippen LogP contribution in [0.5, 0.6) is 0 Å². The zero-order valence-electron chi connectivity index (χ0n) is 9.32. The van der Waals surface area contributed by atoms with Crippen molar-refractivity contribution in [2.75, 3.05) is 0 Å². The predicted octanol–water partition coefficient (Wildman–Crippen LogP) is 3.91. The molecule has 2 rings (SSSR count). The van der Waals surface area contributed by atoms with Crippen LogP contribution in [-0.2, 0) is 0 Å². The van der Waals surface area contributed by atoms with E-state index >= 15 is 0 Å². The second-order valence-electron chi connectivity index (χ2n) is 4.32. The van der Waals surface area contributed by atoms with Crippen molar-refractivity contribution in [3.63, 3.8) is 0 Å². The van der Waals surface area contributed by atoms with Gasteiger partial charge in [0.05, 0.1) is 10.7 Å². The third-order valence-electron chi connectivity index (χ3n) is 3.13. The Hall–Kier alpha value is -1.02. The molecule has 0 aliphatic heterocycles. The van der Waals surface area contributed by atoms with Gasteiger partial charge < -0.3 is 5.73 Å². The minimum absolute atomic E-state index is 0.449. The minimum atomic E-state index is 0.449. The van der Waals surface area contributed by atoms with Crippen molar-refractivity contribution in [3.8, 4) is 0 Å². The van der Waals surface area contributed by atoms with Crippen LogP contribution in [0.25, 0.3) is 0 Å². The number of benzene rings is 1. The Morgan fingerprint density at radius 2 is 1.88 bits per heavy atom. The van der Waals surface area contributed by atoms with Gasteiger partial charge in [-0.2, -0.15) is 0 Å². The van der Waals surface area contributed by atoms with Crippen molar-refractivity contribution in [2.24, 2.45) is 16.6 Å². The summed E-state index contributed by atoms with van der Waals surface area (Å²) < 4.78 is 0. The van der Waals surface area contributed by atoms with E-state index < -0.39 is 0 Å². The largest absolute Gasteiger partial charge is 0.387 e. The Balaban J connectivity index is 2.13. The third-order valence-corrected chi connectivity index (χ3v) is 3.45. The molecule has 16 heavy (non-hydrogen) atoms. The van der Waals surface area contributed by atoms with Gasteiger partial charge in [0.1, 0.15) is 5.84 Å². The molecule has 1 fully saturated rings. The van der Waals surface area contributed by atoms with Gasteiger partial charge in [0.15, 0.2) is 0 Å². The monoisotopic (exact) mass is 236 g/mol. The summed E-state index contributed by atoms with van der Waals surface area (Å²) in [6.07, 6.45) is 6.20. The predicted molar refractivity (Wildman–Crippen MR) is 69.3 cm³/mol. The van der Waals surface area contributed by atoms with Crippen molar-refractivity contribution in [1.82, 2.24) is 0 Å². The number of halogens is 1. The second-order valence-corrected chi connectivity index (χ2v) is 4.73. The Morgan fingerprint density at radius 3 is 2.56 bits per heavy atom. The number of amidine groups is 1.